The molecule has 0 unspecified atom stereocenters. The lowest BCUT2D eigenvalue weighted by atomic mass is 10.2. The summed E-state index contributed by atoms with van der Waals surface area (Å²) in [5.74, 6) is 1.09. The van der Waals surface area contributed by atoms with E-state index in [4.69, 9.17) is 15.1 Å². The number of hydrogen-bond acceptors (Lipinski definition) is 6. The molecule has 6 aromatic rings. The van der Waals surface area contributed by atoms with E-state index in [1.54, 1.807) is 23.6 Å². The number of anilines is 1. The molecule has 3 heterocycles. The second-order valence-electron chi connectivity index (χ2n) is 9.03. The third-order valence-corrected chi connectivity index (χ3v) is 7.31. The fourth-order valence-electron chi connectivity index (χ4n) is 4.46. The molecule has 0 saturated heterocycles. The summed E-state index contributed by atoms with van der Waals surface area (Å²) >= 11 is 1.26. The smallest absolute Gasteiger partial charge is 0.234 e. The number of carbonyl (C=O) groups excluding carboxylic acids is 1. The number of carbonyl (C=O) groups is 1. The number of fused-ring (bicyclic) bond motifs is 4. The molecule has 0 spiro atoms. The van der Waals surface area contributed by atoms with E-state index in [-0.39, 0.29) is 17.5 Å². The van der Waals surface area contributed by atoms with Gasteiger partial charge in [-0.3, -0.25) is 4.79 Å². The Balaban J connectivity index is 1.26. The molecule has 10 heteroatoms. The Hall–Kier alpha value is -4.31. The number of hydrogen-bond donors (Lipinski definition) is 1. The molecule has 1 N–H and O–H groups in total. The molecule has 0 fully saturated rings. The fraction of sp³-hybridized carbons (Fsp3) is 0.179. The van der Waals surface area contributed by atoms with Crippen molar-refractivity contribution in [2.75, 3.05) is 11.1 Å². The van der Waals surface area contributed by atoms with Gasteiger partial charge in [-0.05, 0) is 55.8 Å². The molecule has 0 bridgehead atoms. The maximum atomic E-state index is 13.9. The maximum absolute atomic E-state index is 13.9. The number of nitrogens with zero attached hydrogens (tertiary/aromatic N) is 6. The van der Waals surface area contributed by atoms with E-state index >= 15 is 0 Å². The van der Waals surface area contributed by atoms with Gasteiger partial charge in [-0.15, -0.1) is 5.10 Å². The minimum Gasteiger partial charge on any atom is -0.328 e. The van der Waals surface area contributed by atoms with Crippen molar-refractivity contribution in [3.8, 4) is 0 Å². The topological polar surface area (TPSA) is 90.0 Å². The SMILES string of the molecule is Cc1ccc(NC(=O)CSc2nc3ccccc3c3nc(CCn4c(C)nc5ccccc54)nn23)cc1F. The van der Waals surface area contributed by atoms with Gasteiger partial charge >= 0.3 is 0 Å². The van der Waals surface area contributed by atoms with Crippen LogP contribution in [-0.2, 0) is 17.8 Å². The third-order valence-electron chi connectivity index (χ3n) is 6.39. The normalized spacial score (nSPS) is 11.6. The van der Waals surface area contributed by atoms with Gasteiger partial charge in [-0.1, -0.05) is 42.1 Å². The van der Waals surface area contributed by atoms with E-state index in [0.29, 0.717) is 40.8 Å². The average Bonchev–Trinajstić information content (AvgIpc) is 3.49. The van der Waals surface area contributed by atoms with Crippen LogP contribution >= 0.6 is 11.8 Å². The van der Waals surface area contributed by atoms with Crippen LogP contribution in [0.4, 0.5) is 10.1 Å². The van der Waals surface area contributed by atoms with E-state index in [9.17, 15) is 9.18 Å². The van der Waals surface area contributed by atoms with E-state index in [0.717, 1.165) is 27.8 Å². The second-order valence-corrected chi connectivity index (χ2v) is 9.97. The molecule has 0 aliphatic carbocycles. The molecule has 0 aliphatic rings. The highest BCUT2D eigenvalue weighted by Crippen LogP contribution is 2.25. The lowest BCUT2D eigenvalue weighted by Crippen LogP contribution is -2.15. The molecule has 3 aromatic carbocycles. The van der Waals surface area contributed by atoms with Crippen LogP contribution in [0.5, 0.6) is 0 Å². The number of benzene rings is 3. The molecule has 6 rings (SSSR count). The van der Waals surface area contributed by atoms with Gasteiger partial charge in [0.1, 0.15) is 11.6 Å². The highest BCUT2D eigenvalue weighted by atomic mass is 32.2. The van der Waals surface area contributed by atoms with Crippen molar-refractivity contribution < 1.29 is 9.18 Å². The van der Waals surface area contributed by atoms with Crippen molar-refractivity contribution in [1.82, 2.24) is 29.1 Å². The number of nitrogens with one attached hydrogen (secondary N) is 1. The molecule has 8 nitrogen and oxygen atoms in total. The minimum absolute atomic E-state index is 0.0886. The molecule has 1 amide bonds. The highest BCUT2D eigenvalue weighted by Gasteiger charge is 2.16. The van der Waals surface area contributed by atoms with Gasteiger partial charge in [-0.25, -0.2) is 19.3 Å². The fourth-order valence-corrected chi connectivity index (χ4v) is 5.21. The molecular weight excluding hydrogens is 501 g/mol. The van der Waals surface area contributed by atoms with Gasteiger partial charge in [0.2, 0.25) is 5.91 Å². The van der Waals surface area contributed by atoms with Crippen LogP contribution in [0.1, 0.15) is 17.2 Å². The Bertz CT molecular complexity index is 1830. The first-order valence-electron chi connectivity index (χ1n) is 12.2. The van der Waals surface area contributed by atoms with Crippen molar-refractivity contribution in [3.05, 3.63) is 89.8 Å². The number of halogens is 1. The number of imidazole rings is 1. The van der Waals surface area contributed by atoms with Crippen LogP contribution in [0.25, 0.3) is 27.6 Å². The van der Waals surface area contributed by atoms with Crippen LogP contribution in [-0.4, -0.2) is 40.8 Å². The zero-order valence-corrected chi connectivity index (χ0v) is 21.7. The van der Waals surface area contributed by atoms with Crippen LogP contribution in [0.3, 0.4) is 0 Å². The number of aromatic nitrogens is 6. The zero-order valence-electron chi connectivity index (χ0n) is 20.8. The van der Waals surface area contributed by atoms with Crippen molar-refractivity contribution in [2.24, 2.45) is 0 Å². The first-order valence-corrected chi connectivity index (χ1v) is 13.2. The van der Waals surface area contributed by atoms with Crippen molar-refractivity contribution in [1.29, 1.82) is 0 Å². The summed E-state index contributed by atoms with van der Waals surface area (Å²) in [6, 6.07) is 20.5. The van der Waals surface area contributed by atoms with Gasteiger partial charge in [0, 0.05) is 24.0 Å². The van der Waals surface area contributed by atoms with Crippen LogP contribution in [0.15, 0.2) is 71.9 Å². The van der Waals surface area contributed by atoms with E-state index in [2.05, 4.69) is 20.9 Å². The van der Waals surface area contributed by atoms with E-state index in [1.807, 2.05) is 49.4 Å². The van der Waals surface area contributed by atoms with Crippen molar-refractivity contribution >= 4 is 50.9 Å². The molecule has 0 aliphatic heterocycles. The van der Waals surface area contributed by atoms with Gasteiger partial charge in [-0.2, -0.15) is 4.52 Å². The van der Waals surface area contributed by atoms with Gasteiger partial charge in [0.05, 0.1) is 22.3 Å². The summed E-state index contributed by atoms with van der Waals surface area (Å²) in [7, 11) is 0. The predicted molar refractivity (Wildman–Crippen MR) is 147 cm³/mol. The minimum atomic E-state index is -0.359. The third kappa shape index (κ3) is 4.58. The number of thioether (sulfide) groups is 1. The molecular formula is C28H24FN7OS. The monoisotopic (exact) mass is 525 g/mol. The largest absolute Gasteiger partial charge is 0.328 e. The molecule has 38 heavy (non-hydrogen) atoms. The summed E-state index contributed by atoms with van der Waals surface area (Å²) in [4.78, 5) is 26.9. The van der Waals surface area contributed by atoms with Gasteiger partial charge in [0.25, 0.3) is 0 Å². The number of para-hydroxylation sites is 3. The summed E-state index contributed by atoms with van der Waals surface area (Å²) in [5.41, 5.74) is 4.46. The maximum Gasteiger partial charge on any atom is 0.234 e. The highest BCUT2D eigenvalue weighted by molar-refractivity contribution is 7.99. The molecule has 190 valence electrons. The Labute approximate surface area is 221 Å². The number of amides is 1. The standard InChI is InChI=1S/C28H24FN7OS/c1-17-11-12-19(15-21(17)29)31-26(37)16-38-28-32-22-8-4-3-7-20(22)27-33-25(34-36(27)28)13-14-35-18(2)30-23-9-5-6-10-24(23)35/h3-12,15H,13-14,16H2,1-2H3,(H,31,37). The lowest BCUT2D eigenvalue weighted by Gasteiger charge is -2.08. The molecule has 0 saturated carbocycles. The van der Waals surface area contributed by atoms with Crippen LogP contribution in [0, 0.1) is 19.7 Å². The Morgan fingerprint density at radius 3 is 2.61 bits per heavy atom. The second kappa shape index (κ2) is 9.86. The van der Waals surface area contributed by atoms with Gasteiger partial charge < -0.3 is 9.88 Å². The van der Waals surface area contributed by atoms with E-state index in [1.165, 1.54) is 17.8 Å². The summed E-state index contributed by atoms with van der Waals surface area (Å²) < 4.78 is 17.7. The van der Waals surface area contributed by atoms with Crippen molar-refractivity contribution in [2.45, 2.75) is 32.0 Å². The average molecular weight is 526 g/mol. The Morgan fingerprint density at radius 2 is 1.76 bits per heavy atom. The Kier molecular flexibility index (Phi) is 6.24. The number of aryl methyl sites for hydroxylation is 4. The predicted octanol–water partition coefficient (Wildman–Crippen LogP) is 5.36. The first-order chi connectivity index (χ1) is 18.5. The lowest BCUT2D eigenvalue weighted by molar-refractivity contribution is -0.113. The van der Waals surface area contributed by atoms with Gasteiger partial charge in [0.15, 0.2) is 16.6 Å². The quantitative estimate of drug-likeness (QED) is 0.223. The summed E-state index contributed by atoms with van der Waals surface area (Å²) in [6.07, 6.45) is 0.612. The molecule has 3 aromatic heterocycles. The first kappa shape index (κ1) is 24.1. The number of rotatable bonds is 7. The van der Waals surface area contributed by atoms with Crippen LogP contribution < -0.4 is 5.32 Å². The van der Waals surface area contributed by atoms with Crippen molar-refractivity contribution in [3.63, 3.8) is 0 Å². The molecule has 0 radical (unpaired) electrons. The molecule has 0 atom stereocenters. The van der Waals surface area contributed by atoms with Crippen LogP contribution in [0.2, 0.25) is 0 Å². The van der Waals surface area contributed by atoms with E-state index < -0.39 is 0 Å². The summed E-state index contributed by atoms with van der Waals surface area (Å²) in [6.45, 7) is 4.37. The summed E-state index contributed by atoms with van der Waals surface area (Å²) in [5, 5.41) is 8.96. The zero-order chi connectivity index (χ0) is 26.2. The Morgan fingerprint density at radius 1 is 0.974 bits per heavy atom.